The van der Waals surface area contributed by atoms with E-state index in [9.17, 15) is 22.4 Å². The monoisotopic (exact) mass is 504 g/mol. The van der Waals surface area contributed by atoms with Gasteiger partial charge in [-0.15, -0.1) is 0 Å². The fraction of sp³-hybridized carbons (Fsp3) is 0.296. The van der Waals surface area contributed by atoms with Gasteiger partial charge < -0.3 is 10.6 Å². The summed E-state index contributed by atoms with van der Waals surface area (Å²) in [5, 5.41) is 6.08. The van der Waals surface area contributed by atoms with Gasteiger partial charge in [-0.25, -0.2) is 9.18 Å². The topological polar surface area (TPSA) is 41.1 Å². The largest absolute Gasteiger partial charge is 0.416 e. The molecule has 0 aromatic heterocycles. The fourth-order valence-corrected chi connectivity index (χ4v) is 5.03. The highest BCUT2D eigenvalue weighted by molar-refractivity contribution is 6.31. The van der Waals surface area contributed by atoms with Crippen LogP contribution in [0.1, 0.15) is 47.9 Å². The maximum atomic E-state index is 14.6. The van der Waals surface area contributed by atoms with Gasteiger partial charge >= 0.3 is 12.2 Å². The molecule has 3 aromatic carbocycles. The second-order valence-corrected chi connectivity index (χ2v) is 9.26. The first-order valence-electron chi connectivity index (χ1n) is 11.4. The van der Waals surface area contributed by atoms with E-state index in [1.54, 1.807) is 48.5 Å². The van der Waals surface area contributed by atoms with Crippen molar-refractivity contribution in [1.82, 2.24) is 10.6 Å². The number of carbonyl (C=O) groups is 1. The smallest absolute Gasteiger partial charge is 0.335 e. The molecular weight excluding hydrogens is 480 g/mol. The van der Waals surface area contributed by atoms with Crippen LogP contribution in [0.25, 0.3) is 0 Å². The van der Waals surface area contributed by atoms with Crippen molar-refractivity contribution in [1.29, 1.82) is 0 Å². The van der Waals surface area contributed by atoms with Crippen LogP contribution in [0.2, 0.25) is 5.02 Å². The van der Waals surface area contributed by atoms with Gasteiger partial charge in [0, 0.05) is 23.0 Å². The minimum atomic E-state index is -4.78. The number of urea groups is 1. The van der Waals surface area contributed by atoms with Gasteiger partial charge in [0.25, 0.3) is 0 Å². The van der Waals surface area contributed by atoms with E-state index in [2.05, 4.69) is 10.6 Å². The zero-order valence-electron chi connectivity index (χ0n) is 18.8. The Bertz CT molecular complexity index is 1180. The highest BCUT2D eigenvalue weighted by atomic mass is 35.5. The molecule has 0 bridgehead atoms. The number of nitrogens with one attached hydrogen (secondary N) is 2. The van der Waals surface area contributed by atoms with Crippen LogP contribution in [0.5, 0.6) is 0 Å². The molecule has 1 unspecified atom stereocenters. The fourth-order valence-electron chi connectivity index (χ4n) is 4.73. The lowest BCUT2D eigenvalue weighted by molar-refractivity contribution is -0.137. The molecule has 3 nitrogen and oxygen atoms in total. The van der Waals surface area contributed by atoms with Crippen molar-refractivity contribution >= 4 is 17.6 Å². The Morgan fingerprint density at radius 2 is 1.54 bits per heavy atom. The Balaban J connectivity index is 1.91. The van der Waals surface area contributed by atoms with Gasteiger partial charge in [0.2, 0.25) is 0 Å². The third-order valence-corrected chi connectivity index (χ3v) is 6.71. The van der Waals surface area contributed by atoms with Gasteiger partial charge in [-0.2, -0.15) is 13.2 Å². The molecule has 2 N–H and O–H groups in total. The van der Waals surface area contributed by atoms with Crippen molar-refractivity contribution in [3.8, 4) is 0 Å². The number of alkyl halides is 3. The van der Waals surface area contributed by atoms with Gasteiger partial charge in [0.1, 0.15) is 5.82 Å². The quantitative estimate of drug-likeness (QED) is 0.342. The van der Waals surface area contributed by atoms with E-state index >= 15 is 0 Å². The highest BCUT2D eigenvalue weighted by Crippen LogP contribution is 2.40. The third kappa shape index (κ3) is 5.78. The first-order chi connectivity index (χ1) is 16.7. The first kappa shape index (κ1) is 25.0. The van der Waals surface area contributed by atoms with E-state index < -0.39 is 29.1 Å². The van der Waals surface area contributed by atoms with Crippen molar-refractivity contribution in [3.63, 3.8) is 0 Å². The van der Waals surface area contributed by atoms with Crippen molar-refractivity contribution < 1.29 is 22.4 Å². The molecule has 1 fully saturated rings. The Morgan fingerprint density at radius 1 is 0.914 bits per heavy atom. The number of halogens is 5. The molecule has 3 aromatic rings. The average molecular weight is 505 g/mol. The Kier molecular flexibility index (Phi) is 7.36. The van der Waals surface area contributed by atoms with Crippen LogP contribution in [-0.2, 0) is 18.1 Å². The zero-order valence-corrected chi connectivity index (χ0v) is 19.6. The van der Waals surface area contributed by atoms with Crippen LogP contribution in [0.3, 0.4) is 0 Å². The van der Waals surface area contributed by atoms with Crippen molar-refractivity contribution in [2.75, 3.05) is 0 Å². The second kappa shape index (κ2) is 10.3. The molecule has 1 aliphatic rings. The van der Waals surface area contributed by atoms with Gasteiger partial charge in [-0.05, 0) is 48.2 Å². The van der Waals surface area contributed by atoms with E-state index in [0.29, 0.717) is 11.6 Å². The van der Waals surface area contributed by atoms with Crippen LogP contribution in [-0.4, -0.2) is 12.1 Å². The Hall–Kier alpha value is -3.06. The Labute approximate surface area is 206 Å². The van der Waals surface area contributed by atoms with E-state index in [1.807, 2.05) is 6.07 Å². The van der Waals surface area contributed by atoms with Crippen LogP contribution < -0.4 is 10.6 Å². The lowest BCUT2D eigenvalue weighted by Gasteiger charge is -2.37. The number of hydrogen-bond donors (Lipinski definition) is 2. The van der Waals surface area contributed by atoms with Crippen molar-refractivity contribution in [2.24, 2.45) is 0 Å². The molecule has 35 heavy (non-hydrogen) atoms. The summed E-state index contributed by atoms with van der Waals surface area (Å²) in [5.41, 5.74) is -1.68. The summed E-state index contributed by atoms with van der Waals surface area (Å²) in [4.78, 5) is 13.2. The summed E-state index contributed by atoms with van der Waals surface area (Å²) < 4.78 is 55.7. The molecule has 0 saturated heterocycles. The number of amides is 2. The maximum Gasteiger partial charge on any atom is 0.416 e. The summed E-state index contributed by atoms with van der Waals surface area (Å²) in [6, 6.07) is 17.4. The lowest BCUT2D eigenvalue weighted by Crippen LogP contribution is -2.54. The van der Waals surface area contributed by atoms with E-state index in [4.69, 9.17) is 11.6 Å². The zero-order chi connectivity index (χ0) is 25.1. The third-order valence-electron chi connectivity index (χ3n) is 6.38. The molecule has 0 spiro atoms. The molecular formula is C27H25ClF4N2O. The van der Waals surface area contributed by atoms with Gasteiger partial charge in [0.15, 0.2) is 0 Å². The van der Waals surface area contributed by atoms with Gasteiger partial charge in [-0.1, -0.05) is 73.0 Å². The van der Waals surface area contributed by atoms with E-state index in [-0.39, 0.29) is 23.0 Å². The molecule has 8 heteroatoms. The molecule has 1 atom stereocenters. The average Bonchev–Trinajstić information content (AvgIpc) is 3.31. The normalized spacial score (nSPS) is 16.0. The predicted molar refractivity (Wildman–Crippen MR) is 128 cm³/mol. The lowest BCUT2D eigenvalue weighted by atomic mass is 9.77. The molecule has 0 aliphatic heterocycles. The number of carbonyl (C=O) groups excluding carboxylic acids is 1. The molecule has 2 amide bonds. The summed E-state index contributed by atoms with van der Waals surface area (Å²) in [6.07, 6.45) is -1.10. The SMILES string of the molecule is O=C(NC1CCCC1)NC(Cc1ccccc1)(c1cc(F)cc(C(F)(F)F)c1)c1ccccc1Cl. The minimum absolute atomic E-state index is 0.0334. The standard InChI is InChI=1S/C27H25ClF4N2O/c28-24-13-7-6-12-23(24)26(17-18-8-2-1-3-9-18,34-25(35)33-22-10-4-5-11-22)19-14-20(27(30,31)32)16-21(29)15-19/h1-3,6-9,12-16,22H,4-5,10-11,17H2,(H2,33,34,35). The Morgan fingerprint density at radius 3 is 2.20 bits per heavy atom. The van der Waals surface area contributed by atoms with Crippen molar-refractivity contribution in [2.45, 2.75) is 49.9 Å². The van der Waals surface area contributed by atoms with Crippen molar-refractivity contribution in [3.05, 3.63) is 106 Å². The summed E-state index contributed by atoms with van der Waals surface area (Å²) >= 11 is 6.56. The second-order valence-electron chi connectivity index (χ2n) is 8.85. The van der Waals surface area contributed by atoms with E-state index in [0.717, 1.165) is 43.4 Å². The van der Waals surface area contributed by atoms with Gasteiger partial charge in [0.05, 0.1) is 11.1 Å². The molecule has 184 valence electrons. The molecule has 0 radical (unpaired) electrons. The molecule has 4 rings (SSSR count). The predicted octanol–water partition coefficient (Wildman–Crippen LogP) is 7.23. The summed E-state index contributed by atoms with van der Waals surface area (Å²) in [6.45, 7) is 0. The summed E-state index contributed by atoms with van der Waals surface area (Å²) in [5.74, 6) is -1.06. The van der Waals surface area contributed by atoms with Crippen LogP contribution >= 0.6 is 11.6 Å². The molecule has 1 saturated carbocycles. The van der Waals surface area contributed by atoms with Crippen LogP contribution in [0.4, 0.5) is 22.4 Å². The molecule has 0 heterocycles. The highest BCUT2D eigenvalue weighted by Gasteiger charge is 2.41. The van der Waals surface area contributed by atoms with Crippen LogP contribution in [0, 0.1) is 5.82 Å². The van der Waals surface area contributed by atoms with E-state index in [1.165, 1.54) is 0 Å². The van der Waals surface area contributed by atoms with Gasteiger partial charge in [-0.3, -0.25) is 0 Å². The molecule has 1 aliphatic carbocycles. The number of rotatable bonds is 6. The first-order valence-corrected chi connectivity index (χ1v) is 11.8. The number of benzene rings is 3. The summed E-state index contributed by atoms with van der Waals surface area (Å²) in [7, 11) is 0. The minimum Gasteiger partial charge on any atom is -0.335 e. The van der Waals surface area contributed by atoms with Crippen LogP contribution in [0.15, 0.2) is 72.8 Å². The number of hydrogen-bond acceptors (Lipinski definition) is 1. The maximum absolute atomic E-state index is 14.6.